The van der Waals surface area contributed by atoms with Gasteiger partial charge in [0.05, 0.1) is 34.0 Å². The number of fused-ring (bicyclic) bond motifs is 1. The number of amides is 1. The van der Waals surface area contributed by atoms with E-state index in [0.717, 1.165) is 45.9 Å². The molecule has 2 aromatic carbocycles. The number of non-ortho nitro benzene ring substituents is 1. The minimum absolute atomic E-state index is 0.0318. The van der Waals surface area contributed by atoms with E-state index in [1.807, 2.05) is 18.2 Å². The first-order chi connectivity index (χ1) is 19.4. The zero-order valence-electron chi connectivity index (χ0n) is 21.6. The number of carbonyl (C=O) groups is 1. The van der Waals surface area contributed by atoms with Gasteiger partial charge in [-0.1, -0.05) is 0 Å². The summed E-state index contributed by atoms with van der Waals surface area (Å²) in [6.45, 7) is 0.547. The van der Waals surface area contributed by atoms with E-state index in [4.69, 9.17) is 18.9 Å². The van der Waals surface area contributed by atoms with Crippen molar-refractivity contribution in [3.63, 3.8) is 0 Å². The molecule has 9 nitrogen and oxygen atoms in total. The number of thiophene rings is 1. The molecule has 0 radical (unpaired) electrons. The Morgan fingerprint density at radius 2 is 2.02 bits per heavy atom. The van der Waals surface area contributed by atoms with Crippen molar-refractivity contribution in [1.29, 1.82) is 0 Å². The number of furan rings is 1. The lowest BCUT2D eigenvalue weighted by Crippen LogP contribution is -2.23. The number of aryl methyl sites for hydroxylation is 1. The van der Waals surface area contributed by atoms with Gasteiger partial charge in [0.1, 0.15) is 17.4 Å². The first kappa shape index (κ1) is 27.8. The molecule has 40 heavy (non-hydrogen) atoms. The molecule has 0 unspecified atom stereocenters. The minimum atomic E-state index is -0.432. The number of nitrogens with zero attached hydrogens (tertiary/aromatic N) is 2. The van der Waals surface area contributed by atoms with Crippen LogP contribution in [0.15, 0.2) is 64.2 Å². The highest BCUT2D eigenvalue weighted by atomic mass is 127. The average Bonchev–Trinajstić information content (AvgIpc) is 3.62. The summed E-state index contributed by atoms with van der Waals surface area (Å²) in [6, 6.07) is 13.6. The van der Waals surface area contributed by atoms with Crippen LogP contribution in [-0.2, 0) is 26.0 Å². The van der Waals surface area contributed by atoms with E-state index in [9.17, 15) is 14.9 Å². The molecule has 0 bridgehead atoms. The van der Waals surface area contributed by atoms with E-state index < -0.39 is 4.92 Å². The lowest BCUT2D eigenvalue weighted by atomic mass is 9.95. The smallest absolute Gasteiger partial charge is 0.269 e. The van der Waals surface area contributed by atoms with Crippen LogP contribution in [0, 0.1) is 13.7 Å². The number of nitrogens with one attached hydrogen (secondary N) is 1. The number of methoxy groups -OCH3 is 1. The van der Waals surface area contributed by atoms with Crippen LogP contribution >= 0.6 is 33.9 Å². The molecule has 1 aliphatic carbocycles. The van der Waals surface area contributed by atoms with Crippen molar-refractivity contribution in [2.24, 2.45) is 4.99 Å². The summed E-state index contributed by atoms with van der Waals surface area (Å²) >= 11 is 3.76. The molecule has 11 heteroatoms. The largest absolute Gasteiger partial charge is 0.493 e. The Labute approximate surface area is 248 Å². The molecule has 0 saturated heterocycles. The number of hydrogen-bond acceptors (Lipinski definition) is 8. The van der Waals surface area contributed by atoms with Crippen LogP contribution in [0.2, 0.25) is 0 Å². The summed E-state index contributed by atoms with van der Waals surface area (Å²) in [7, 11) is 1.57. The maximum absolute atomic E-state index is 13.3. The van der Waals surface area contributed by atoms with Crippen LogP contribution in [0.3, 0.4) is 0 Å². The topological polar surface area (TPSA) is 116 Å². The fraction of sp³-hybridized carbons (Fsp3) is 0.241. The maximum atomic E-state index is 13.3. The Balaban J connectivity index is 1.35. The fourth-order valence-electron chi connectivity index (χ4n) is 4.50. The Bertz CT molecular complexity index is 1550. The number of ether oxygens (including phenoxy) is 2. The molecule has 0 atom stereocenters. The van der Waals surface area contributed by atoms with Gasteiger partial charge in [-0.25, -0.2) is 4.99 Å². The summed E-state index contributed by atoms with van der Waals surface area (Å²) < 4.78 is 17.8. The number of halogens is 1. The molecule has 4 aromatic rings. The first-order valence-corrected chi connectivity index (χ1v) is 14.6. The van der Waals surface area contributed by atoms with Crippen LogP contribution in [0.25, 0.3) is 0 Å². The molecule has 1 aliphatic rings. The number of aliphatic imine (C=N–C) groups is 1. The van der Waals surface area contributed by atoms with Crippen molar-refractivity contribution < 1.29 is 23.6 Å². The number of nitro benzene ring substituents is 1. The predicted molar refractivity (Wildman–Crippen MR) is 161 cm³/mol. The molecule has 2 aromatic heterocycles. The molecule has 1 N–H and O–H groups in total. The van der Waals surface area contributed by atoms with Crippen LogP contribution in [0.4, 0.5) is 10.7 Å². The lowest BCUT2D eigenvalue weighted by molar-refractivity contribution is -0.384. The highest BCUT2D eigenvalue weighted by molar-refractivity contribution is 14.1. The number of nitro groups is 1. The zero-order chi connectivity index (χ0) is 28.1. The van der Waals surface area contributed by atoms with Crippen LogP contribution in [-0.4, -0.2) is 24.2 Å². The van der Waals surface area contributed by atoms with Crippen molar-refractivity contribution >= 4 is 56.7 Å². The third-order valence-electron chi connectivity index (χ3n) is 6.50. The molecule has 1 amide bonds. The van der Waals surface area contributed by atoms with Gasteiger partial charge in [-0.15, -0.1) is 11.3 Å². The molecular formula is C29H26IN3O6S. The highest BCUT2D eigenvalue weighted by Gasteiger charge is 2.25. The van der Waals surface area contributed by atoms with Gasteiger partial charge < -0.3 is 19.2 Å². The Hall–Kier alpha value is -3.71. The van der Waals surface area contributed by atoms with Crippen LogP contribution in [0.5, 0.6) is 11.5 Å². The summed E-state index contributed by atoms with van der Waals surface area (Å²) in [5.41, 5.74) is 3.38. The number of hydrogen-bond donors (Lipinski definition) is 1. The fourth-order valence-corrected chi connectivity index (χ4v) is 6.51. The first-order valence-electron chi connectivity index (χ1n) is 12.7. The predicted octanol–water partition coefficient (Wildman–Crippen LogP) is 7.00. The van der Waals surface area contributed by atoms with E-state index in [2.05, 4.69) is 27.9 Å². The van der Waals surface area contributed by atoms with E-state index >= 15 is 0 Å². The van der Waals surface area contributed by atoms with Crippen molar-refractivity contribution in [2.75, 3.05) is 7.11 Å². The Morgan fingerprint density at radius 3 is 2.75 bits per heavy atom. The summed E-state index contributed by atoms with van der Waals surface area (Å²) in [6.07, 6.45) is 7.33. The van der Waals surface area contributed by atoms with Crippen LogP contribution < -0.4 is 14.8 Å². The monoisotopic (exact) mass is 671 g/mol. The molecule has 0 saturated carbocycles. The van der Waals surface area contributed by atoms with Gasteiger partial charge in [0.15, 0.2) is 11.5 Å². The molecule has 206 valence electrons. The molecule has 0 aliphatic heterocycles. The van der Waals surface area contributed by atoms with Gasteiger partial charge >= 0.3 is 0 Å². The maximum Gasteiger partial charge on any atom is 0.269 e. The van der Waals surface area contributed by atoms with Crippen molar-refractivity contribution in [2.45, 2.75) is 38.8 Å². The second kappa shape index (κ2) is 12.6. The van der Waals surface area contributed by atoms with Gasteiger partial charge in [0.2, 0.25) is 0 Å². The van der Waals surface area contributed by atoms with Gasteiger partial charge in [0, 0.05) is 23.2 Å². The van der Waals surface area contributed by atoms with Crippen molar-refractivity contribution in [3.05, 3.63) is 101 Å². The normalized spacial score (nSPS) is 12.8. The minimum Gasteiger partial charge on any atom is -0.493 e. The van der Waals surface area contributed by atoms with Gasteiger partial charge in [-0.05, 0) is 101 Å². The molecule has 0 fully saturated rings. The average molecular weight is 672 g/mol. The lowest BCUT2D eigenvalue weighted by Gasteiger charge is -2.13. The van der Waals surface area contributed by atoms with Gasteiger partial charge in [0.25, 0.3) is 11.6 Å². The highest BCUT2D eigenvalue weighted by Crippen LogP contribution is 2.40. The SMILES string of the molecule is COc1cc(C=Nc2sc3c(c2C(=O)NCc2ccco2)CCCC3)cc(I)c1OCc1ccc([N+](=O)[O-])cc1. The summed E-state index contributed by atoms with van der Waals surface area (Å²) in [4.78, 5) is 29.7. The van der Waals surface area contributed by atoms with Gasteiger partial charge in [-0.2, -0.15) is 0 Å². The number of benzene rings is 2. The zero-order valence-corrected chi connectivity index (χ0v) is 24.6. The van der Waals surface area contributed by atoms with Crippen LogP contribution in [0.1, 0.15) is 50.5 Å². The standard InChI is InChI=1S/C29H26IN3O6S/c1-37-24-14-19(13-23(30)27(24)39-17-18-8-10-20(11-9-18)33(35)36)15-32-29-26(22-6-2-3-7-25(22)40-29)28(34)31-16-21-5-4-12-38-21/h4-5,8-15H,2-3,6-7,16-17H2,1H3,(H,31,34). The van der Waals surface area contributed by atoms with E-state index in [0.29, 0.717) is 34.4 Å². The quantitative estimate of drug-likeness (QED) is 0.0841. The summed E-state index contributed by atoms with van der Waals surface area (Å²) in [5.74, 6) is 1.66. The van der Waals surface area contributed by atoms with E-state index in [1.54, 1.807) is 49.1 Å². The second-order valence-electron chi connectivity index (χ2n) is 9.16. The molecule has 5 rings (SSSR count). The number of carbonyl (C=O) groups excluding carboxylic acids is 1. The third kappa shape index (κ3) is 6.36. The van der Waals surface area contributed by atoms with E-state index in [-0.39, 0.29) is 18.2 Å². The Morgan fingerprint density at radius 1 is 1.23 bits per heavy atom. The molecular weight excluding hydrogens is 645 g/mol. The number of rotatable bonds is 10. The third-order valence-corrected chi connectivity index (χ3v) is 8.50. The van der Waals surface area contributed by atoms with Gasteiger partial charge in [-0.3, -0.25) is 14.9 Å². The van der Waals surface area contributed by atoms with Crippen molar-refractivity contribution in [1.82, 2.24) is 5.32 Å². The molecule has 0 spiro atoms. The Kier molecular flexibility index (Phi) is 8.80. The van der Waals surface area contributed by atoms with Crippen molar-refractivity contribution in [3.8, 4) is 11.5 Å². The second-order valence-corrected chi connectivity index (χ2v) is 11.4. The summed E-state index contributed by atoms with van der Waals surface area (Å²) in [5, 5.41) is 14.6. The molecule has 2 heterocycles. The van der Waals surface area contributed by atoms with E-state index in [1.165, 1.54) is 17.0 Å².